The van der Waals surface area contributed by atoms with E-state index in [1.807, 2.05) is 25.1 Å². The maximum absolute atomic E-state index is 11.9. The Kier molecular flexibility index (Phi) is 4.92. The third kappa shape index (κ3) is 3.80. The van der Waals surface area contributed by atoms with E-state index in [4.69, 9.17) is 27.6 Å². The van der Waals surface area contributed by atoms with Crippen molar-refractivity contribution < 1.29 is 9.21 Å². The molecule has 0 bridgehead atoms. The first-order chi connectivity index (χ1) is 11.5. The Morgan fingerprint density at radius 2 is 2.04 bits per heavy atom. The van der Waals surface area contributed by atoms with Gasteiger partial charge in [0.1, 0.15) is 17.2 Å². The number of benzene rings is 1. The fourth-order valence-electron chi connectivity index (χ4n) is 2.25. The Balaban J connectivity index is 1.58. The standard InChI is InChI=1S/C17H15Cl2N3O2/c1-10-8-15(22-21-10)17(23)20-7-6-12-3-5-16(24-12)11-2-4-13(18)14(19)9-11/h2-5,8-9H,6-7H2,1H3,(H,20,23)(H,21,22). The molecule has 0 fully saturated rings. The topological polar surface area (TPSA) is 70.9 Å². The molecule has 3 rings (SSSR count). The lowest BCUT2D eigenvalue weighted by atomic mass is 10.2. The van der Waals surface area contributed by atoms with Gasteiger partial charge >= 0.3 is 0 Å². The molecule has 124 valence electrons. The van der Waals surface area contributed by atoms with Gasteiger partial charge < -0.3 is 9.73 Å². The number of amides is 1. The van der Waals surface area contributed by atoms with Crippen LogP contribution in [0.2, 0.25) is 10.0 Å². The Labute approximate surface area is 149 Å². The first kappa shape index (κ1) is 16.6. The van der Waals surface area contributed by atoms with Gasteiger partial charge in [-0.05, 0) is 43.3 Å². The molecular formula is C17H15Cl2N3O2. The summed E-state index contributed by atoms with van der Waals surface area (Å²) in [6, 6.07) is 10.8. The molecule has 0 aliphatic carbocycles. The van der Waals surface area contributed by atoms with Crippen LogP contribution in [0.4, 0.5) is 0 Å². The van der Waals surface area contributed by atoms with Gasteiger partial charge in [-0.2, -0.15) is 5.10 Å². The fraction of sp³-hybridized carbons (Fsp3) is 0.176. The highest BCUT2D eigenvalue weighted by Gasteiger charge is 2.10. The molecule has 0 spiro atoms. The van der Waals surface area contributed by atoms with Crippen LogP contribution in [0.1, 0.15) is 21.9 Å². The van der Waals surface area contributed by atoms with Gasteiger partial charge in [0.15, 0.2) is 0 Å². The number of rotatable bonds is 5. The van der Waals surface area contributed by atoms with Crippen LogP contribution in [0.25, 0.3) is 11.3 Å². The van der Waals surface area contributed by atoms with Gasteiger partial charge in [-0.15, -0.1) is 0 Å². The molecule has 0 aliphatic rings. The lowest BCUT2D eigenvalue weighted by molar-refractivity contribution is 0.0948. The summed E-state index contributed by atoms with van der Waals surface area (Å²) in [5.41, 5.74) is 2.08. The Morgan fingerprint density at radius 3 is 2.75 bits per heavy atom. The summed E-state index contributed by atoms with van der Waals surface area (Å²) in [5, 5.41) is 10.4. The number of nitrogens with zero attached hydrogens (tertiary/aromatic N) is 1. The van der Waals surface area contributed by atoms with E-state index in [-0.39, 0.29) is 5.91 Å². The SMILES string of the molecule is Cc1cc(C(=O)NCCc2ccc(-c3ccc(Cl)c(Cl)c3)o2)[nH]n1. The molecular weight excluding hydrogens is 349 g/mol. The second-order valence-corrected chi connectivity index (χ2v) is 6.14. The average Bonchev–Trinajstić information content (AvgIpc) is 3.19. The smallest absolute Gasteiger partial charge is 0.269 e. The zero-order chi connectivity index (χ0) is 17.1. The monoisotopic (exact) mass is 363 g/mol. The predicted octanol–water partition coefficient (Wildman–Crippen LogP) is 4.26. The maximum atomic E-state index is 11.9. The van der Waals surface area contributed by atoms with E-state index < -0.39 is 0 Å². The van der Waals surface area contributed by atoms with Crippen LogP contribution in [0.3, 0.4) is 0 Å². The fourth-order valence-corrected chi connectivity index (χ4v) is 2.55. The largest absolute Gasteiger partial charge is 0.461 e. The number of carbonyl (C=O) groups is 1. The lowest BCUT2D eigenvalue weighted by Gasteiger charge is -2.02. The number of aryl methyl sites for hydroxylation is 1. The van der Waals surface area contributed by atoms with Gasteiger partial charge in [-0.25, -0.2) is 0 Å². The second-order valence-electron chi connectivity index (χ2n) is 5.32. The molecule has 0 radical (unpaired) electrons. The number of H-pyrrole nitrogens is 1. The van der Waals surface area contributed by atoms with Crippen molar-refractivity contribution in [3.05, 3.63) is 63.6 Å². The number of aromatic amines is 1. The van der Waals surface area contributed by atoms with Crippen molar-refractivity contribution in [3.8, 4) is 11.3 Å². The van der Waals surface area contributed by atoms with Gasteiger partial charge in [0.05, 0.1) is 15.7 Å². The first-order valence-corrected chi connectivity index (χ1v) is 8.13. The number of halogens is 2. The van der Waals surface area contributed by atoms with Crippen molar-refractivity contribution in [2.75, 3.05) is 6.54 Å². The summed E-state index contributed by atoms with van der Waals surface area (Å²) >= 11 is 11.9. The van der Waals surface area contributed by atoms with E-state index in [0.29, 0.717) is 34.5 Å². The molecule has 0 atom stereocenters. The van der Waals surface area contributed by atoms with E-state index in [1.54, 1.807) is 18.2 Å². The molecule has 1 amide bonds. The Hall–Kier alpha value is -2.24. The molecule has 24 heavy (non-hydrogen) atoms. The Bertz CT molecular complexity index is 870. The van der Waals surface area contributed by atoms with Crippen LogP contribution in [0.15, 0.2) is 40.8 Å². The minimum Gasteiger partial charge on any atom is -0.461 e. The number of hydrogen-bond acceptors (Lipinski definition) is 3. The lowest BCUT2D eigenvalue weighted by Crippen LogP contribution is -2.25. The zero-order valence-corrected chi connectivity index (χ0v) is 14.4. The third-order valence-electron chi connectivity index (χ3n) is 3.47. The summed E-state index contributed by atoms with van der Waals surface area (Å²) in [6.07, 6.45) is 0.584. The predicted molar refractivity (Wildman–Crippen MR) is 93.5 cm³/mol. The minimum absolute atomic E-state index is 0.188. The van der Waals surface area contributed by atoms with Crippen LogP contribution in [-0.4, -0.2) is 22.6 Å². The molecule has 0 unspecified atom stereocenters. The summed E-state index contributed by atoms with van der Waals surface area (Å²) in [7, 11) is 0. The first-order valence-electron chi connectivity index (χ1n) is 7.37. The molecule has 2 heterocycles. The highest BCUT2D eigenvalue weighted by molar-refractivity contribution is 6.42. The van der Waals surface area contributed by atoms with E-state index in [2.05, 4.69) is 15.5 Å². The average molecular weight is 364 g/mol. The van der Waals surface area contributed by atoms with Crippen molar-refractivity contribution in [1.82, 2.24) is 15.5 Å². The van der Waals surface area contributed by atoms with Crippen LogP contribution in [0, 0.1) is 6.92 Å². The maximum Gasteiger partial charge on any atom is 0.269 e. The number of hydrogen-bond donors (Lipinski definition) is 2. The van der Waals surface area contributed by atoms with Crippen LogP contribution >= 0.6 is 23.2 Å². The Morgan fingerprint density at radius 1 is 1.21 bits per heavy atom. The summed E-state index contributed by atoms with van der Waals surface area (Å²) < 4.78 is 5.78. The molecule has 7 heteroatoms. The second kappa shape index (κ2) is 7.11. The molecule has 0 aliphatic heterocycles. The number of furan rings is 1. The van der Waals surface area contributed by atoms with Crippen LogP contribution in [-0.2, 0) is 6.42 Å². The summed E-state index contributed by atoms with van der Waals surface area (Å²) in [5.74, 6) is 1.29. The van der Waals surface area contributed by atoms with E-state index in [0.717, 1.165) is 17.0 Å². The zero-order valence-electron chi connectivity index (χ0n) is 12.9. The number of nitrogens with one attached hydrogen (secondary N) is 2. The molecule has 3 aromatic rings. The highest BCUT2D eigenvalue weighted by atomic mass is 35.5. The molecule has 1 aromatic carbocycles. The van der Waals surface area contributed by atoms with Gasteiger partial charge in [-0.3, -0.25) is 9.89 Å². The van der Waals surface area contributed by atoms with E-state index in [1.165, 1.54) is 0 Å². The van der Waals surface area contributed by atoms with Crippen molar-refractivity contribution in [2.24, 2.45) is 0 Å². The summed E-state index contributed by atoms with van der Waals surface area (Å²) in [6.45, 7) is 2.28. The summed E-state index contributed by atoms with van der Waals surface area (Å²) in [4.78, 5) is 11.9. The normalized spacial score (nSPS) is 10.8. The van der Waals surface area contributed by atoms with Crippen molar-refractivity contribution in [1.29, 1.82) is 0 Å². The van der Waals surface area contributed by atoms with Crippen LogP contribution in [0.5, 0.6) is 0 Å². The molecule has 2 aromatic heterocycles. The molecule has 0 saturated carbocycles. The van der Waals surface area contributed by atoms with Crippen LogP contribution < -0.4 is 5.32 Å². The number of carbonyl (C=O) groups excluding carboxylic acids is 1. The molecule has 2 N–H and O–H groups in total. The minimum atomic E-state index is -0.188. The van der Waals surface area contributed by atoms with Gasteiger partial charge in [0, 0.05) is 18.5 Å². The number of aromatic nitrogens is 2. The molecule has 5 nitrogen and oxygen atoms in total. The quantitative estimate of drug-likeness (QED) is 0.711. The third-order valence-corrected chi connectivity index (χ3v) is 4.21. The van der Waals surface area contributed by atoms with E-state index >= 15 is 0 Å². The molecule has 0 saturated heterocycles. The van der Waals surface area contributed by atoms with Crippen molar-refractivity contribution in [2.45, 2.75) is 13.3 Å². The van der Waals surface area contributed by atoms with Gasteiger partial charge in [-0.1, -0.05) is 23.2 Å². The van der Waals surface area contributed by atoms with Gasteiger partial charge in [0.2, 0.25) is 0 Å². The van der Waals surface area contributed by atoms with E-state index in [9.17, 15) is 4.79 Å². The van der Waals surface area contributed by atoms with Crippen molar-refractivity contribution in [3.63, 3.8) is 0 Å². The highest BCUT2D eigenvalue weighted by Crippen LogP contribution is 2.29. The van der Waals surface area contributed by atoms with Crippen molar-refractivity contribution >= 4 is 29.1 Å². The van der Waals surface area contributed by atoms with Gasteiger partial charge in [0.25, 0.3) is 5.91 Å².